The van der Waals surface area contributed by atoms with E-state index in [1.165, 1.54) is 6.07 Å². The minimum Gasteiger partial charge on any atom is -0.477 e. The van der Waals surface area contributed by atoms with Gasteiger partial charge in [-0.1, -0.05) is 49.0 Å². The number of carboxylic acid groups (broad SMARTS) is 1. The fourth-order valence-corrected chi connectivity index (χ4v) is 3.02. The van der Waals surface area contributed by atoms with Crippen LogP contribution in [0, 0.1) is 6.92 Å². The van der Waals surface area contributed by atoms with Crippen molar-refractivity contribution in [1.29, 1.82) is 0 Å². The molecule has 1 heterocycles. The minimum absolute atomic E-state index is 0.240. The molecule has 1 aromatic carbocycles. The van der Waals surface area contributed by atoms with Crippen LogP contribution in [0.3, 0.4) is 0 Å². The maximum Gasteiger partial charge on any atom is 0.341 e. The lowest BCUT2D eigenvalue weighted by atomic mass is 10.0. The first-order valence-corrected chi connectivity index (χ1v) is 8.55. The van der Waals surface area contributed by atoms with Crippen molar-refractivity contribution in [2.45, 2.75) is 39.7 Å². The maximum atomic E-state index is 12.3. The lowest BCUT2D eigenvalue weighted by Crippen LogP contribution is -2.22. The second kappa shape index (κ2) is 7.86. The number of nitrogens with zero attached hydrogens (tertiary/aromatic N) is 1. The first-order valence-electron chi connectivity index (χ1n) is 7.80. The summed E-state index contributed by atoms with van der Waals surface area (Å²) < 4.78 is 1.88. The van der Waals surface area contributed by atoms with Crippen LogP contribution < -0.4 is 5.43 Å². The van der Waals surface area contributed by atoms with Gasteiger partial charge in [0.2, 0.25) is 0 Å². The number of pyridine rings is 1. The van der Waals surface area contributed by atoms with Crippen LogP contribution in [0.1, 0.15) is 42.2 Å². The molecule has 0 aliphatic heterocycles. The maximum absolute atomic E-state index is 12.3. The molecule has 128 valence electrons. The fourth-order valence-electron chi connectivity index (χ4n) is 2.73. The Balaban J connectivity index is 2.74. The van der Waals surface area contributed by atoms with Crippen LogP contribution in [0.2, 0.25) is 10.0 Å². The minimum atomic E-state index is -1.25. The Morgan fingerprint density at radius 2 is 1.88 bits per heavy atom. The number of halogens is 2. The van der Waals surface area contributed by atoms with Crippen LogP contribution in [0.15, 0.2) is 29.1 Å². The van der Waals surface area contributed by atoms with Gasteiger partial charge in [0.1, 0.15) is 5.56 Å². The average molecular weight is 368 g/mol. The number of aryl methyl sites for hydroxylation is 1. The van der Waals surface area contributed by atoms with Crippen molar-refractivity contribution in [2.75, 3.05) is 0 Å². The number of carbonyl (C=O) groups is 1. The first-order chi connectivity index (χ1) is 11.4. The summed E-state index contributed by atoms with van der Waals surface area (Å²) in [6, 6.07) is 6.26. The van der Waals surface area contributed by atoms with E-state index >= 15 is 0 Å². The Labute approximate surface area is 150 Å². The fraction of sp³-hybridized carbons (Fsp3) is 0.333. The topological polar surface area (TPSA) is 59.3 Å². The van der Waals surface area contributed by atoms with Gasteiger partial charge in [-0.15, -0.1) is 0 Å². The molecule has 0 amide bonds. The van der Waals surface area contributed by atoms with Gasteiger partial charge in [-0.25, -0.2) is 4.79 Å². The molecule has 0 aliphatic rings. The van der Waals surface area contributed by atoms with Crippen LogP contribution in [0.5, 0.6) is 0 Å². The Bertz CT molecular complexity index is 828. The monoisotopic (exact) mass is 367 g/mol. The molecule has 0 aliphatic carbocycles. The number of hydrogen-bond donors (Lipinski definition) is 1. The molecule has 0 bridgehead atoms. The molecule has 0 spiro atoms. The highest BCUT2D eigenvalue weighted by atomic mass is 35.5. The molecule has 0 atom stereocenters. The second-order valence-electron chi connectivity index (χ2n) is 5.67. The van der Waals surface area contributed by atoms with Crippen LogP contribution >= 0.6 is 23.2 Å². The summed E-state index contributed by atoms with van der Waals surface area (Å²) in [5.41, 5.74) is 0.923. The molecule has 4 nitrogen and oxygen atoms in total. The summed E-state index contributed by atoms with van der Waals surface area (Å²) in [6.45, 7) is 4.54. The molecular formula is C18H19Cl2NO3. The van der Waals surface area contributed by atoms with Gasteiger partial charge in [0, 0.05) is 23.9 Å². The van der Waals surface area contributed by atoms with Crippen LogP contribution in [0.4, 0.5) is 0 Å². The van der Waals surface area contributed by atoms with E-state index in [4.69, 9.17) is 23.2 Å². The second-order valence-corrected chi connectivity index (χ2v) is 6.48. The van der Waals surface area contributed by atoms with E-state index in [0.717, 1.165) is 25.0 Å². The van der Waals surface area contributed by atoms with Crippen molar-refractivity contribution < 1.29 is 9.90 Å². The third kappa shape index (κ3) is 3.82. The first kappa shape index (κ1) is 18.6. The summed E-state index contributed by atoms with van der Waals surface area (Å²) in [6.07, 6.45) is 2.97. The summed E-state index contributed by atoms with van der Waals surface area (Å²) in [4.78, 5) is 23.9. The molecule has 0 radical (unpaired) electrons. The van der Waals surface area contributed by atoms with Crippen LogP contribution in [-0.4, -0.2) is 15.6 Å². The van der Waals surface area contributed by atoms with Gasteiger partial charge in [-0.05, 0) is 25.5 Å². The summed E-state index contributed by atoms with van der Waals surface area (Å²) in [7, 11) is 0. The van der Waals surface area contributed by atoms with Gasteiger partial charge >= 0.3 is 5.97 Å². The molecule has 0 saturated heterocycles. The number of aromatic nitrogens is 1. The van der Waals surface area contributed by atoms with Gasteiger partial charge in [0.15, 0.2) is 5.43 Å². The van der Waals surface area contributed by atoms with Crippen LogP contribution in [0.25, 0.3) is 11.3 Å². The van der Waals surface area contributed by atoms with E-state index in [-0.39, 0.29) is 5.56 Å². The normalized spacial score (nSPS) is 10.8. The Morgan fingerprint density at radius 3 is 2.46 bits per heavy atom. The van der Waals surface area contributed by atoms with E-state index in [1.54, 1.807) is 25.1 Å². The number of unbranched alkanes of at least 4 members (excludes halogenated alkanes) is 2. The van der Waals surface area contributed by atoms with E-state index in [2.05, 4.69) is 6.92 Å². The molecule has 1 aromatic heterocycles. The zero-order chi connectivity index (χ0) is 17.9. The van der Waals surface area contributed by atoms with E-state index in [0.29, 0.717) is 27.8 Å². The third-order valence-corrected chi connectivity index (χ3v) is 4.65. The molecular weight excluding hydrogens is 349 g/mol. The number of rotatable bonds is 6. The van der Waals surface area contributed by atoms with E-state index < -0.39 is 11.4 Å². The summed E-state index contributed by atoms with van der Waals surface area (Å²) in [5.74, 6) is -1.25. The molecule has 6 heteroatoms. The third-order valence-electron chi connectivity index (χ3n) is 3.91. The zero-order valence-electron chi connectivity index (χ0n) is 13.6. The number of carboxylic acids is 1. The number of hydrogen-bond acceptors (Lipinski definition) is 2. The molecule has 24 heavy (non-hydrogen) atoms. The smallest absolute Gasteiger partial charge is 0.341 e. The standard InChI is InChI=1S/C18H19Cl2NO3/c1-3-4-5-8-21-11(2)9-15(22)16(18(23)24)17(21)12-6-7-13(19)14(20)10-12/h6-7,9-10H,3-5,8H2,1-2H3,(H,23,24). The molecule has 1 N–H and O–H groups in total. The van der Waals surface area contributed by atoms with Gasteiger partial charge in [0.05, 0.1) is 15.7 Å². The largest absolute Gasteiger partial charge is 0.477 e. The van der Waals surface area contributed by atoms with Crippen molar-refractivity contribution in [3.8, 4) is 11.3 Å². The van der Waals surface area contributed by atoms with Gasteiger partial charge in [0.25, 0.3) is 0 Å². The number of benzene rings is 1. The van der Waals surface area contributed by atoms with Crippen molar-refractivity contribution in [3.05, 3.63) is 55.8 Å². The predicted octanol–water partition coefficient (Wildman–Crippen LogP) is 5.02. The molecule has 2 aromatic rings. The molecule has 2 rings (SSSR count). The van der Waals surface area contributed by atoms with Crippen molar-refractivity contribution in [2.24, 2.45) is 0 Å². The quantitative estimate of drug-likeness (QED) is 0.729. The molecule has 0 unspecified atom stereocenters. The van der Waals surface area contributed by atoms with Crippen LogP contribution in [-0.2, 0) is 6.54 Å². The van der Waals surface area contributed by atoms with Gasteiger partial charge in [-0.2, -0.15) is 0 Å². The van der Waals surface area contributed by atoms with Gasteiger partial charge in [-0.3, -0.25) is 4.79 Å². The van der Waals surface area contributed by atoms with Crippen molar-refractivity contribution >= 4 is 29.2 Å². The Morgan fingerprint density at radius 1 is 1.17 bits per heavy atom. The highest BCUT2D eigenvalue weighted by Gasteiger charge is 2.21. The van der Waals surface area contributed by atoms with E-state index in [9.17, 15) is 14.7 Å². The molecule has 0 fully saturated rings. The van der Waals surface area contributed by atoms with Crippen molar-refractivity contribution in [1.82, 2.24) is 4.57 Å². The average Bonchev–Trinajstić information content (AvgIpc) is 2.51. The lowest BCUT2D eigenvalue weighted by Gasteiger charge is -2.19. The highest BCUT2D eigenvalue weighted by molar-refractivity contribution is 6.42. The predicted molar refractivity (Wildman–Crippen MR) is 97.4 cm³/mol. The molecule has 0 saturated carbocycles. The Kier molecular flexibility index (Phi) is 6.08. The lowest BCUT2D eigenvalue weighted by molar-refractivity contribution is 0.0695. The van der Waals surface area contributed by atoms with Crippen molar-refractivity contribution in [3.63, 3.8) is 0 Å². The summed E-state index contributed by atoms with van der Waals surface area (Å²) >= 11 is 12.0. The zero-order valence-corrected chi connectivity index (χ0v) is 15.1. The van der Waals surface area contributed by atoms with Gasteiger partial charge < -0.3 is 9.67 Å². The Hall–Kier alpha value is -1.78. The van der Waals surface area contributed by atoms with E-state index in [1.807, 2.05) is 4.57 Å². The highest BCUT2D eigenvalue weighted by Crippen LogP contribution is 2.30. The summed E-state index contributed by atoms with van der Waals surface area (Å²) in [5, 5.41) is 10.2. The SMILES string of the molecule is CCCCCn1c(C)cc(=O)c(C(=O)O)c1-c1ccc(Cl)c(Cl)c1. The number of aromatic carboxylic acids is 1.